The number of rotatable bonds is 6. The molecule has 1 aliphatic rings. The van der Waals surface area contributed by atoms with Gasteiger partial charge in [-0.1, -0.05) is 30.3 Å². The summed E-state index contributed by atoms with van der Waals surface area (Å²) in [6.45, 7) is 0. The van der Waals surface area contributed by atoms with E-state index in [0.717, 1.165) is 5.56 Å². The average Bonchev–Trinajstić information content (AvgIpc) is 2.74. The third kappa shape index (κ3) is 4.06. The first-order valence-electron chi connectivity index (χ1n) is 6.32. The van der Waals surface area contributed by atoms with Gasteiger partial charge in [-0.05, 0) is 18.4 Å². The van der Waals surface area contributed by atoms with Crippen molar-refractivity contribution in [3.05, 3.63) is 35.9 Å². The van der Waals surface area contributed by atoms with Crippen LogP contribution in [0.4, 0.5) is 4.79 Å². The SMILES string of the molecule is O=C1NC(=O)C(CCS(=O)(=O)CCc2ccccc2)N1. The Bertz CT molecular complexity index is 598. The first-order chi connectivity index (χ1) is 9.46. The van der Waals surface area contributed by atoms with Crippen LogP contribution in [-0.2, 0) is 21.1 Å². The third-order valence-corrected chi connectivity index (χ3v) is 4.80. The van der Waals surface area contributed by atoms with Gasteiger partial charge >= 0.3 is 6.03 Å². The number of amides is 3. The Hall–Kier alpha value is -1.89. The zero-order chi connectivity index (χ0) is 14.6. The lowest BCUT2D eigenvalue weighted by Crippen LogP contribution is -2.31. The number of imide groups is 1. The Balaban J connectivity index is 1.82. The fourth-order valence-electron chi connectivity index (χ4n) is 1.98. The van der Waals surface area contributed by atoms with Crippen molar-refractivity contribution in [1.82, 2.24) is 10.6 Å². The van der Waals surface area contributed by atoms with Crippen molar-refractivity contribution in [2.45, 2.75) is 18.9 Å². The number of hydrogen-bond donors (Lipinski definition) is 2. The summed E-state index contributed by atoms with van der Waals surface area (Å²) in [5.74, 6) is -0.537. The molecule has 6 nitrogen and oxygen atoms in total. The minimum Gasteiger partial charge on any atom is -0.326 e. The van der Waals surface area contributed by atoms with E-state index in [1.807, 2.05) is 30.3 Å². The van der Waals surface area contributed by atoms with Crippen molar-refractivity contribution in [2.24, 2.45) is 0 Å². The fraction of sp³-hybridized carbons (Fsp3) is 0.385. The lowest BCUT2D eigenvalue weighted by atomic mass is 10.2. The van der Waals surface area contributed by atoms with Gasteiger partial charge < -0.3 is 5.32 Å². The van der Waals surface area contributed by atoms with Crippen LogP contribution >= 0.6 is 0 Å². The molecule has 1 saturated heterocycles. The summed E-state index contributed by atoms with van der Waals surface area (Å²) in [5.41, 5.74) is 0.961. The molecule has 0 radical (unpaired) electrons. The van der Waals surface area contributed by atoms with Crippen LogP contribution in [0.15, 0.2) is 30.3 Å². The second-order valence-electron chi connectivity index (χ2n) is 4.69. The van der Waals surface area contributed by atoms with E-state index in [4.69, 9.17) is 0 Å². The number of carbonyl (C=O) groups is 2. The Morgan fingerprint density at radius 3 is 2.35 bits per heavy atom. The van der Waals surface area contributed by atoms with E-state index in [1.165, 1.54) is 0 Å². The molecule has 1 unspecified atom stereocenters. The predicted molar refractivity (Wildman–Crippen MR) is 73.9 cm³/mol. The fourth-order valence-corrected chi connectivity index (χ4v) is 3.33. The lowest BCUT2D eigenvalue weighted by molar-refractivity contribution is -0.120. The van der Waals surface area contributed by atoms with Crippen LogP contribution in [-0.4, -0.2) is 37.9 Å². The van der Waals surface area contributed by atoms with Gasteiger partial charge in [0.05, 0.1) is 11.5 Å². The summed E-state index contributed by atoms with van der Waals surface area (Å²) >= 11 is 0. The van der Waals surface area contributed by atoms with Gasteiger partial charge in [0.1, 0.15) is 6.04 Å². The molecule has 2 N–H and O–H groups in total. The van der Waals surface area contributed by atoms with Gasteiger partial charge in [0.25, 0.3) is 5.91 Å². The quantitative estimate of drug-likeness (QED) is 0.736. The van der Waals surface area contributed by atoms with Gasteiger partial charge in [0.15, 0.2) is 9.84 Å². The Morgan fingerprint density at radius 2 is 1.75 bits per heavy atom. The van der Waals surface area contributed by atoms with Crippen molar-refractivity contribution < 1.29 is 18.0 Å². The molecule has 0 spiro atoms. The molecule has 2 rings (SSSR count). The zero-order valence-electron chi connectivity index (χ0n) is 10.8. The zero-order valence-corrected chi connectivity index (χ0v) is 11.7. The number of aryl methyl sites for hydroxylation is 1. The van der Waals surface area contributed by atoms with E-state index in [2.05, 4.69) is 10.6 Å². The number of carbonyl (C=O) groups excluding carboxylic acids is 2. The molecule has 1 aromatic rings. The Labute approximate surface area is 117 Å². The first kappa shape index (κ1) is 14.5. The predicted octanol–water partition coefficient (Wildman–Crippen LogP) is 0.242. The number of nitrogens with one attached hydrogen (secondary N) is 2. The van der Waals surface area contributed by atoms with Crippen molar-refractivity contribution >= 4 is 21.8 Å². The molecule has 1 aromatic carbocycles. The van der Waals surface area contributed by atoms with Crippen molar-refractivity contribution in [1.29, 1.82) is 0 Å². The second-order valence-corrected chi connectivity index (χ2v) is 7.00. The highest BCUT2D eigenvalue weighted by molar-refractivity contribution is 7.91. The normalized spacial score (nSPS) is 18.7. The van der Waals surface area contributed by atoms with Crippen LogP contribution in [0, 0.1) is 0 Å². The number of sulfone groups is 1. The maximum atomic E-state index is 11.9. The summed E-state index contributed by atoms with van der Waals surface area (Å²) in [7, 11) is -3.24. The Morgan fingerprint density at radius 1 is 1.05 bits per heavy atom. The van der Waals surface area contributed by atoms with E-state index >= 15 is 0 Å². The van der Waals surface area contributed by atoms with Gasteiger partial charge in [-0.25, -0.2) is 13.2 Å². The molecule has 1 fully saturated rings. The molecule has 0 aromatic heterocycles. The van der Waals surface area contributed by atoms with E-state index in [9.17, 15) is 18.0 Å². The highest BCUT2D eigenvalue weighted by Gasteiger charge is 2.30. The van der Waals surface area contributed by atoms with Gasteiger partial charge in [-0.15, -0.1) is 0 Å². The molecule has 0 aliphatic carbocycles. The molecule has 0 saturated carbocycles. The standard InChI is InChI=1S/C13H16N2O4S/c16-12-11(14-13(17)15-12)7-9-20(18,19)8-6-10-4-2-1-3-5-10/h1-5,11H,6-9H2,(H2,14,15,16,17). The molecule has 20 heavy (non-hydrogen) atoms. The number of hydrogen-bond acceptors (Lipinski definition) is 4. The molecule has 3 amide bonds. The van der Waals surface area contributed by atoms with E-state index < -0.39 is 27.8 Å². The maximum absolute atomic E-state index is 11.9. The molecule has 0 bridgehead atoms. The molecular formula is C13H16N2O4S. The van der Waals surface area contributed by atoms with Gasteiger partial charge in [-0.2, -0.15) is 0 Å². The highest BCUT2D eigenvalue weighted by atomic mass is 32.2. The largest absolute Gasteiger partial charge is 0.326 e. The molecule has 7 heteroatoms. The summed E-state index contributed by atoms with van der Waals surface area (Å²) in [6.07, 6.45) is 0.557. The lowest BCUT2D eigenvalue weighted by Gasteiger charge is -2.08. The second kappa shape index (κ2) is 6.04. The first-order valence-corrected chi connectivity index (χ1v) is 8.14. The summed E-state index contributed by atoms with van der Waals surface area (Å²) in [4.78, 5) is 22.2. The number of benzene rings is 1. The minimum atomic E-state index is -3.24. The van der Waals surface area contributed by atoms with Gasteiger partial charge in [0.2, 0.25) is 0 Å². The average molecular weight is 296 g/mol. The summed E-state index contributed by atoms with van der Waals surface area (Å²) < 4.78 is 23.8. The van der Waals surface area contributed by atoms with Gasteiger partial charge in [0, 0.05) is 0 Å². The van der Waals surface area contributed by atoms with Crippen molar-refractivity contribution in [2.75, 3.05) is 11.5 Å². The van der Waals surface area contributed by atoms with Crippen LogP contribution in [0.2, 0.25) is 0 Å². The summed E-state index contributed by atoms with van der Waals surface area (Å²) in [6, 6.07) is 8.04. The van der Waals surface area contributed by atoms with Crippen LogP contribution in [0.1, 0.15) is 12.0 Å². The van der Waals surface area contributed by atoms with Crippen molar-refractivity contribution in [3.63, 3.8) is 0 Å². The molecule has 1 atom stereocenters. The van der Waals surface area contributed by atoms with E-state index in [1.54, 1.807) is 0 Å². The Kier molecular flexibility index (Phi) is 4.39. The topological polar surface area (TPSA) is 92.3 Å². The van der Waals surface area contributed by atoms with Crippen LogP contribution in [0.25, 0.3) is 0 Å². The van der Waals surface area contributed by atoms with E-state index in [0.29, 0.717) is 6.42 Å². The number of urea groups is 1. The molecule has 108 valence electrons. The molecular weight excluding hydrogens is 280 g/mol. The minimum absolute atomic E-state index is 0.0410. The molecule has 1 heterocycles. The summed E-state index contributed by atoms with van der Waals surface area (Å²) in [5, 5.41) is 4.46. The highest BCUT2D eigenvalue weighted by Crippen LogP contribution is 2.06. The monoisotopic (exact) mass is 296 g/mol. The van der Waals surface area contributed by atoms with Crippen molar-refractivity contribution in [3.8, 4) is 0 Å². The van der Waals surface area contributed by atoms with Crippen LogP contribution in [0.5, 0.6) is 0 Å². The van der Waals surface area contributed by atoms with E-state index in [-0.39, 0.29) is 17.9 Å². The molecule has 1 aliphatic heterocycles. The maximum Gasteiger partial charge on any atom is 0.322 e. The van der Waals surface area contributed by atoms with Crippen LogP contribution < -0.4 is 10.6 Å². The third-order valence-electron chi connectivity index (χ3n) is 3.12. The van der Waals surface area contributed by atoms with Gasteiger partial charge in [-0.3, -0.25) is 10.1 Å². The smallest absolute Gasteiger partial charge is 0.322 e. The van der Waals surface area contributed by atoms with Crippen LogP contribution in [0.3, 0.4) is 0 Å².